The molecule has 0 aromatic heterocycles. The molecule has 0 radical (unpaired) electrons. The van der Waals surface area contributed by atoms with Gasteiger partial charge >= 0.3 is 0 Å². The highest BCUT2D eigenvalue weighted by molar-refractivity contribution is 6.18. The molecule has 0 bridgehead atoms. The highest BCUT2D eigenvalue weighted by Crippen LogP contribution is 2.49. The molecule has 1 aliphatic carbocycles. The lowest BCUT2D eigenvalue weighted by atomic mass is 9.93. The molecule has 2 heterocycles. The second-order valence-electron chi connectivity index (χ2n) is 9.07. The van der Waals surface area contributed by atoms with Crippen molar-refractivity contribution in [3.8, 4) is 33.4 Å². The highest BCUT2D eigenvalue weighted by Gasteiger charge is 2.22. The third kappa shape index (κ3) is 2.96. The maximum absolute atomic E-state index is 3.69. The van der Waals surface area contributed by atoms with E-state index in [0.29, 0.717) is 0 Å². The lowest BCUT2D eigenvalue weighted by Gasteiger charge is -2.27. The molecular formula is C32H24N2. The summed E-state index contributed by atoms with van der Waals surface area (Å²) in [5.41, 5.74) is 10.4. The van der Waals surface area contributed by atoms with Crippen LogP contribution in [0.5, 0.6) is 0 Å². The molecule has 34 heavy (non-hydrogen) atoms. The van der Waals surface area contributed by atoms with E-state index in [1.807, 2.05) is 12.3 Å². The van der Waals surface area contributed by atoms with Crippen LogP contribution in [0.4, 0.5) is 0 Å². The molecule has 0 amide bonds. The first-order valence-electron chi connectivity index (χ1n) is 11.9. The number of hydrogen-bond acceptors (Lipinski definition) is 2. The molecule has 7 rings (SSSR count). The summed E-state index contributed by atoms with van der Waals surface area (Å²) in [5.74, 6) is 0. The van der Waals surface area contributed by atoms with Gasteiger partial charge in [0.2, 0.25) is 0 Å². The van der Waals surface area contributed by atoms with Crippen molar-refractivity contribution < 1.29 is 0 Å². The van der Waals surface area contributed by atoms with E-state index in [4.69, 9.17) is 0 Å². The summed E-state index contributed by atoms with van der Waals surface area (Å²) in [6.07, 6.45) is 14.8. The predicted molar refractivity (Wildman–Crippen MR) is 142 cm³/mol. The van der Waals surface area contributed by atoms with Crippen molar-refractivity contribution in [1.29, 1.82) is 0 Å². The summed E-state index contributed by atoms with van der Waals surface area (Å²) in [6, 6.07) is 29.4. The van der Waals surface area contributed by atoms with Crippen LogP contribution in [0.25, 0.3) is 44.2 Å². The van der Waals surface area contributed by atoms with Crippen LogP contribution in [-0.4, -0.2) is 6.04 Å². The van der Waals surface area contributed by atoms with Gasteiger partial charge in [-0.15, -0.1) is 0 Å². The zero-order chi connectivity index (χ0) is 22.5. The third-order valence-electron chi connectivity index (χ3n) is 7.15. The van der Waals surface area contributed by atoms with Crippen LogP contribution in [-0.2, 0) is 0 Å². The molecule has 2 N–H and O–H groups in total. The van der Waals surface area contributed by atoms with Gasteiger partial charge in [0.25, 0.3) is 0 Å². The molecule has 2 aliphatic heterocycles. The number of rotatable bonds is 3. The highest BCUT2D eigenvalue weighted by atomic mass is 15.0. The quantitative estimate of drug-likeness (QED) is 0.310. The molecular weight excluding hydrogens is 412 g/mol. The zero-order valence-corrected chi connectivity index (χ0v) is 18.7. The number of benzene rings is 4. The van der Waals surface area contributed by atoms with Crippen LogP contribution >= 0.6 is 0 Å². The Hall–Kier alpha value is -4.30. The fourth-order valence-corrected chi connectivity index (χ4v) is 5.50. The van der Waals surface area contributed by atoms with Gasteiger partial charge in [-0.1, -0.05) is 103 Å². The largest absolute Gasteiger partial charge is 0.379 e. The summed E-state index contributed by atoms with van der Waals surface area (Å²) in [7, 11) is 0. The molecule has 2 heteroatoms. The Kier molecular flexibility index (Phi) is 4.31. The second-order valence-corrected chi connectivity index (χ2v) is 9.07. The minimum Gasteiger partial charge on any atom is -0.379 e. The van der Waals surface area contributed by atoms with Crippen molar-refractivity contribution >= 4 is 10.8 Å². The normalized spacial score (nSPS) is 19.5. The van der Waals surface area contributed by atoms with Crippen LogP contribution < -0.4 is 10.6 Å². The molecule has 162 valence electrons. The Morgan fingerprint density at radius 3 is 2.09 bits per heavy atom. The Morgan fingerprint density at radius 1 is 0.559 bits per heavy atom. The lowest BCUT2D eigenvalue weighted by molar-refractivity contribution is 0.627. The van der Waals surface area contributed by atoms with Gasteiger partial charge in [0.05, 0.1) is 12.1 Å². The van der Waals surface area contributed by atoms with E-state index in [-0.39, 0.29) is 12.1 Å². The van der Waals surface area contributed by atoms with Gasteiger partial charge in [0, 0.05) is 5.70 Å². The average Bonchev–Trinajstić information content (AvgIpc) is 3.25. The van der Waals surface area contributed by atoms with E-state index < -0.39 is 0 Å². The molecule has 3 aliphatic rings. The molecule has 4 aromatic carbocycles. The minimum absolute atomic E-state index is 0.164. The van der Waals surface area contributed by atoms with E-state index in [1.54, 1.807) is 0 Å². The smallest absolute Gasteiger partial charge is 0.0843 e. The number of allylic oxidation sites excluding steroid dienone is 4. The number of dihydropyridines is 2. The first-order valence-corrected chi connectivity index (χ1v) is 11.9. The van der Waals surface area contributed by atoms with Crippen LogP contribution in [0.3, 0.4) is 0 Å². The molecule has 4 aromatic rings. The minimum atomic E-state index is 0.164. The Labute approximate surface area is 199 Å². The van der Waals surface area contributed by atoms with Crippen LogP contribution in [0.1, 0.15) is 11.6 Å². The monoisotopic (exact) mass is 436 g/mol. The number of fused-ring (bicyclic) bond motifs is 3. The van der Waals surface area contributed by atoms with Gasteiger partial charge in [0.1, 0.15) is 0 Å². The molecule has 0 spiro atoms. The Bertz CT molecular complexity index is 1520. The summed E-state index contributed by atoms with van der Waals surface area (Å²) >= 11 is 0. The van der Waals surface area contributed by atoms with Crippen LogP contribution in [0.15, 0.2) is 127 Å². The van der Waals surface area contributed by atoms with Crippen molar-refractivity contribution in [2.45, 2.75) is 12.1 Å². The summed E-state index contributed by atoms with van der Waals surface area (Å²) in [5, 5.41) is 9.78. The average molecular weight is 437 g/mol. The first-order chi connectivity index (χ1) is 16.9. The van der Waals surface area contributed by atoms with E-state index in [2.05, 4.69) is 120 Å². The van der Waals surface area contributed by atoms with E-state index >= 15 is 0 Å². The Balaban J connectivity index is 1.22. The number of nitrogens with one attached hydrogen (secondary N) is 2. The van der Waals surface area contributed by atoms with Crippen molar-refractivity contribution in [3.63, 3.8) is 0 Å². The van der Waals surface area contributed by atoms with E-state index in [0.717, 1.165) is 0 Å². The fraction of sp³-hybridized carbons (Fsp3) is 0.0625. The second kappa shape index (κ2) is 7.64. The van der Waals surface area contributed by atoms with Gasteiger partial charge in [-0.25, -0.2) is 0 Å². The summed E-state index contributed by atoms with van der Waals surface area (Å²) in [4.78, 5) is 0. The van der Waals surface area contributed by atoms with Gasteiger partial charge in [-0.05, 0) is 68.1 Å². The lowest BCUT2D eigenvalue weighted by Crippen LogP contribution is -2.35. The SMILES string of the molecule is C1=CNC(C2=CC=CC(c3ccc(-c4ccc5c6c(cccc46)-c4ccccc4-5)cc3)N2)C=C1. The van der Waals surface area contributed by atoms with Gasteiger partial charge in [0.15, 0.2) is 0 Å². The van der Waals surface area contributed by atoms with Gasteiger partial charge in [-0.2, -0.15) is 0 Å². The van der Waals surface area contributed by atoms with Gasteiger partial charge < -0.3 is 10.6 Å². The molecule has 2 nitrogen and oxygen atoms in total. The van der Waals surface area contributed by atoms with Crippen molar-refractivity contribution in [2.75, 3.05) is 0 Å². The molecule has 0 saturated heterocycles. The van der Waals surface area contributed by atoms with Gasteiger partial charge in [-0.3, -0.25) is 0 Å². The topological polar surface area (TPSA) is 24.1 Å². The van der Waals surface area contributed by atoms with Crippen LogP contribution in [0.2, 0.25) is 0 Å². The van der Waals surface area contributed by atoms with Crippen molar-refractivity contribution in [1.82, 2.24) is 10.6 Å². The number of hydrogen-bond donors (Lipinski definition) is 2. The predicted octanol–water partition coefficient (Wildman–Crippen LogP) is 7.28. The Morgan fingerprint density at radius 2 is 1.29 bits per heavy atom. The van der Waals surface area contributed by atoms with Crippen LogP contribution in [0, 0.1) is 0 Å². The first kappa shape index (κ1) is 19.2. The summed E-state index contributed by atoms with van der Waals surface area (Å²) in [6.45, 7) is 0. The van der Waals surface area contributed by atoms with Crippen molar-refractivity contribution in [2.24, 2.45) is 0 Å². The third-order valence-corrected chi connectivity index (χ3v) is 7.15. The maximum atomic E-state index is 3.69. The molecule has 0 saturated carbocycles. The molecule has 2 unspecified atom stereocenters. The van der Waals surface area contributed by atoms with Crippen molar-refractivity contribution in [3.05, 3.63) is 133 Å². The van der Waals surface area contributed by atoms with E-state index in [9.17, 15) is 0 Å². The van der Waals surface area contributed by atoms with E-state index in [1.165, 1.54) is 55.4 Å². The summed E-state index contributed by atoms with van der Waals surface area (Å²) < 4.78 is 0. The zero-order valence-electron chi connectivity index (χ0n) is 18.7. The molecule has 0 fully saturated rings. The standard InChI is InChI=1S/C32H24N2/c1-2-8-25-24(7-1)27-10-5-9-26-23(18-19-28(25)32(26)27)21-14-16-22(17-15-21)29-12-6-13-31(34-29)30-11-3-4-20-33-30/h1-20,29-30,33-34H. The maximum Gasteiger partial charge on any atom is 0.0843 e. The molecule has 2 atom stereocenters. The fourth-order valence-electron chi connectivity index (χ4n) is 5.50.